The molecule has 1 aromatic rings. The van der Waals surface area contributed by atoms with Crippen LogP contribution in [0.3, 0.4) is 0 Å². The summed E-state index contributed by atoms with van der Waals surface area (Å²) in [7, 11) is -5.84. The second kappa shape index (κ2) is 9.72. The Morgan fingerprint density at radius 3 is 2.11 bits per heavy atom. The summed E-state index contributed by atoms with van der Waals surface area (Å²) in [6, 6.07) is 8.75. The van der Waals surface area contributed by atoms with E-state index in [4.69, 9.17) is 0 Å². The summed E-state index contributed by atoms with van der Waals surface area (Å²) in [6.45, 7) is 8.17. The fourth-order valence-corrected chi connectivity index (χ4v) is 9.24. The molecule has 2 bridgehead atoms. The molecular formula is C25H40N4O5S2. The van der Waals surface area contributed by atoms with E-state index < -0.39 is 26.0 Å². The van der Waals surface area contributed by atoms with Crippen LogP contribution in [-0.4, -0.2) is 101 Å². The number of fused-ring (bicyclic) bond motifs is 4. The first-order valence-corrected chi connectivity index (χ1v) is 16.8. The number of rotatable bonds is 5. The molecule has 0 radical (unpaired) electrons. The number of hydrogen-bond acceptors (Lipinski definition) is 9. The van der Waals surface area contributed by atoms with Gasteiger partial charge in [-0.05, 0) is 54.9 Å². The fraction of sp³-hybridized carbons (Fsp3) is 0.760. The molecule has 5 fully saturated rings. The third-order valence-electron chi connectivity index (χ3n) is 8.62. The molecule has 1 aromatic carbocycles. The number of aliphatic hydroxyl groups excluding tert-OH is 1. The molecule has 0 aliphatic carbocycles. The van der Waals surface area contributed by atoms with Crippen molar-refractivity contribution in [1.29, 1.82) is 0 Å². The van der Waals surface area contributed by atoms with Crippen molar-refractivity contribution >= 4 is 31.0 Å². The van der Waals surface area contributed by atoms with Gasteiger partial charge in [-0.3, -0.25) is 10.2 Å². The van der Waals surface area contributed by atoms with Crippen LogP contribution in [0.2, 0.25) is 0 Å². The maximum absolute atomic E-state index is 11.8. The minimum atomic E-state index is -2.93. The van der Waals surface area contributed by atoms with Gasteiger partial charge in [0.1, 0.15) is 9.84 Å². The summed E-state index contributed by atoms with van der Waals surface area (Å²) in [5.74, 6) is 1.21. The Morgan fingerprint density at radius 1 is 0.889 bits per heavy atom. The average molecular weight is 541 g/mol. The predicted octanol–water partition coefficient (Wildman–Crippen LogP) is 0.901. The lowest BCUT2D eigenvalue weighted by Crippen LogP contribution is -2.56. The third-order valence-corrected chi connectivity index (χ3v) is 11.9. The molecule has 6 rings (SSSR count). The van der Waals surface area contributed by atoms with Crippen LogP contribution in [0, 0.1) is 11.3 Å². The van der Waals surface area contributed by atoms with E-state index in [2.05, 4.69) is 58.1 Å². The SMILES string of the molecule is CC1(C)CC2CN(C(O)NC3CCS(=O)(=O)CC3)CC1N(c1ccc(N3CCS(=O)(=O)CC3)cc1)C2. The smallest absolute Gasteiger partial charge is 0.163 e. The van der Waals surface area contributed by atoms with E-state index in [1.807, 2.05) is 0 Å². The molecule has 202 valence electrons. The summed E-state index contributed by atoms with van der Waals surface area (Å²) in [6.07, 6.45) is 1.41. The lowest BCUT2D eigenvalue weighted by atomic mass is 9.73. The van der Waals surface area contributed by atoms with Crippen molar-refractivity contribution in [2.45, 2.75) is 51.5 Å². The molecule has 3 unspecified atom stereocenters. The molecule has 11 heteroatoms. The van der Waals surface area contributed by atoms with Crippen LogP contribution < -0.4 is 15.1 Å². The van der Waals surface area contributed by atoms with Gasteiger partial charge in [-0.25, -0.2) is 16.8 Å². The van der Waals surface area contributed by atoms with E-state index in [1.54, 1.807) is 0 Å². The van der Waals surface area contributed by atoms with Gasteiger partial charge in [-0.15, -0.1) is 0 Å². The Morgan fingerprint density at radius 2 is 1.47 bits per heavy atom. The Labute approximate surface area is 215 Å². The molecule has 36 heavy (non-hydrogen) atoms. The minimum absolute atomic E-state index is 0.0193. The Bertz CT molecular complexity index is 1130. The fourth-order valence-electron chi connectivity index (χ4n) is 6.55. The number of nitrogens with one attached hydrogen (secondary N) is 1. The highest BCUT2D eigenvalue weighted by atomic mass is 32.2. The van der Waals surface area contributed by atoms with E-state index >= 15 is 0 Å². The van der Waals surface area contributed by atoms with Gasteiger partial charge in [0, 0.05) is 56.2 Å². The lowest BCUT2D eigenvalue weighted by Gasteiger charge is -2.48. The van der Waals surface area contributed by atoms with Crippen LogP contribution >= 0.6 is 0 Å². The van der Waals surface area contributed by atoms with E-state index in [9.17, 15) is 21.9 Å². The van der Waals surface area contributed by atoms with Crippen molar-refractivity contribution < 1.29 is 21.9 Å². The van der Waals surface area contributed by atoms with Gasteiger partial charge < -0.3 is 14.9 Å². The molecule has 3 atom stereocenters. The van der Waals surface area contributed by atoms with Gasteiger partial charge in [0.15, 0.2) is 16.2 Å². The topological polar surface area (TPSA) is 110 Å². The van der Waals surface area contributed by atoms with E-state index in [-0.39, 0.29) is 40.5 Å². The molecule has 9 nitrogen and oxygen atoms in total. The van der Waals surface area contributed by atoms with Crippen molar-refractivity contribution in [3.05, 3.63) is 24.3 Å². The average Bonchev–Trinajstić information content (AvgIpc) is 3.08. The van der Waals surface area contributed by atoms with Crippen molar-refractivity contribution in [3.63, 3.8) is 0 Å². The zero-order valence-corrected chi connectivity index (χ0v) is 23.0. The Hall–Kier alpha value is -1.40. The predicted molar refractivity (Wildman–Crippen MR) is 143 cm³/mol. The standard InChI is InChI=1S/C25H40N4O5S2/c1-25(2)15-19-16-28(24(30)26-20-7-11-35(31,32)12-8-20)18-23(25)29(17-19)22-5-3-21(4-6-22)27-9-13-36(33,34)14-10-27/h3-6,19-20,23-24,26,30H,7-18H2,1-2H3. The maximum atomic E-state index is 11.8. The first-order chi connectivity index (χ1) is 16.9. The maximum Gasteiger partial charge on any atom is 0.163 e. The van der Waals surface area contributed by atoms with Crippen LogP contribution in [-0.2, 0) is 19.7 Å². The van der Waals surface area contributed by atoms with E-state index in [1.165, 1.54) is 0 Å². The van der Waals surface area contributed by atoms with Crippen LogP contribution in [0.5, 0.6) is 0 Å². The summed E-state index contributed by atoms with van der Waals surface area (Å²) >= 11 is 0. The second-order valence-electron chi connectivity index (χ2n) is 11.8. The summed E-state index contributed by atoms with van der Waals surface area (Å²) in [5.41, 5.74) is 2.30. The third kappa shape index (κ3) is 5.70. The van der Waals surface area contributed by atoms with E-state index in [0.717, 1.165) is 37.4 Å². The lowest BCUT2D eigenvalue weighted by molar-refractivity contribution is -0.0339. The van der Waals surface area contributed by atoms with Crippen molar-refractivity contribution in [1.82, 2.24) is 10.2 Å². The normalized spacial score (nSPS) is 31.2. The number of aliphatic hydroxyl groups is 1. The summed E-state index contributed by atoms with van der Waals surface area (Å²) < 4.78 is 47.1. The van der Waals surface area contributed by atoms with Gasteiger partial charge in [0.05, 0.1) is 23.0 Å². The second-order valence-corrected chi connectivity index (χ2v) is 16.4. The Kier molecular flexibility index (Phi) is 7.08. The minimum Gasteiger partial charge on any atom is -0.369 e. The van der Waals surface area contributed by atoms with Gasteiger partial charge in [0.25, 0.3) is 0 Å². The number of hydrogen-bond donors (Lipinski definition) is 2. The first kappa shape index (κ1) is 26.2. The number of sulfone groups is 2. The van der Waals surface area contributed by atoms with Crippen molar-refractivity contribution in [2.24, 2.45) is 11.3 Å². The molecular weight excluding hydrogens is 500 g/mol. The Balaban J connectivity index is 1.27. The first-order valence-electron chi connectivity index (χ1n) is 13.1. The number of piperidine rings is 1. The molecule has 5 aliphatic heterocycles. The molecule has 5 heterocycles. The molecule has 0 amide bonds. The highest BCUT2D eigenvalue weighted by molar-refractivity contribution is 7.91. The number of nitrogens with zero attached hydrogens (tertiary/aromatic N) is 3. The molecule has 0 spiro atoms. The zero-order valence-electron chi connectivity index (χ0n) is 21.3. The van der Waals surface area contributed by atoms with Gasteiger partial charge >= 0.3 is 0 Å². The van der Waals surface area contributed by atoms with Crippen LogP contribution in [0.4, 0.5) is 11.4 Å². The molecule has 5 saturated heterocycles. The largest absolute Gasteiger partial charge is 0.369 e. The van der Waals surface area contributed by atoms with Gasteiger partial charge in [-0.2, -0.15) is 0 Å². The van der Waals surface area contributed by atoms with Crippen molar-refractivity contribution in [3.8, 4) is 0 Å². The van der Waals surface area contributed by atoms with Crippen LogP contribution in [0.25, 0.3) is 0 Å². The van der Waals surface area contributed by atoms with Crippen LogP contribution in [0.15, 0.2) is 24.3 Å². The molecule has 5 aliphatic rings. The number of anilines is 2. The quantitative estimate of drug-likeness (QED) is 0.527. The number of benzene rings is 1. The highest BCUT2D eigenvalue weighted by Gasteiger charge is 2.47. The van der Waals surface area contributed by atoms with Crippen LogP contribution in [0.1, 0.15) is 33.1 Å². The molecule has 0 saturated carbocycles. The van der Waals surface area contributed by atoms with Gasteiger partial charge in [-0.1, -0.05) is 13.8 Å². The summed E-state index contributed by atoms with van der Waals surface area (Å²) in [4.78, 5) is 6.76. The molecule has 2 N–H and O–H groups in total. The monoisotopic (exact) mass is 540 g/mol. The van der Waals surface area contributed by atoms with E-state index in [0.29, 0.717) is 31.8 Å². The highest BCUT2D eigenvalue weighted by Crippen LogP contribution is 2.43. The summed E-state index contributed by atoms with van der Waals surface area (Å²) in [5, 5.41) is 14.4. The van der Waals surface area contributed by atoms with Gasteiger partial charge in [0.2, 0.25) is 0 Å². The zero-order chi connectivity index (χ0) is 25.7. The van der Waals surface area contributed by atoms with Crippen molar-refractivity contribution in [2.75, 3.05) is 65.5 Å². The molecule has 0 aromatic heterocycles.